The van der Waals surface area contributed by atoms with Gasteiger partial charge in [-0.2, -0.15) is 0 Å². The number of carboxylic acid groups (broad SMARTS) is 1. The first-order chi connectivity index (χ1) is 20.5. The highest BCUT2D eigenvalue weighted by Crippen LogP contribution is 2.36. The van der Waals surface area contributed by atoms with E-state index in [-0.39, 0.29) is 5.92 Å². The number of carbonyl (C=O) groups excluding carboxylic acids is 4. The predicted octanol–water partition coefficient (Wildman–Crippen LogP) is 2.72. The third kappa shape index (κ3) is 8.28. The highest BCUT2D eigenvalue weighted by molar-refractivity contribution is 5.95. The summed E-state index contributed by atoms with van der Waals surface area (Å²) in [5.41, 5.74) is 1.22. The minimum absolute atomic E-state index is 0.390. The van der Waals surface area contributed by atoms with Gasteiger partial charge in [0.25, 0.3) is 0 Å². The average molecular weight is 587 g/mol. The van der Waals surface area contributed by atoms with Crippen LogP contribution in [0.25, 0.3) is 0 Å². The summed E-state index contributed by atoms with van der Waals surface area (Å²) in [4.78, 5) is 63.3. The molecular weight excluding hydrogens is 548 g/mol. The van der Waals surface area contributed by atoms with Crippen LogP contribution in [-0.4, -0.2) is 52.8 Å². The standard InChI is InChI=1S/C33H38N4O6/c1-21(2)29(32(42)43)36-30(40)22(3)34-31(41)27(35-23(4)38)20-28(39)37-33(24-14-8-5-9-15-24,25-16-10-6-11-17-25)26-18-12-7-13-19-26/h5-19,21-22,27,29H,20H2,1-4H3,(H,34,41)(H,35,38)(H,36,40)(H,37,39)(H,42,43)/t22-,27-,29+/m1/s1. The van der Waals surface area contributed by atoms with Crippen molar-refractivity contribution in [3.63, 3.8) is 0 Å². The zero-order valence-electron chi connectivity index (χ0n) is 24.7. The van der Waals surface area contributed by atoms with Crippen LogP contribution < -0.4 is 21.3 Å². The van der Waals surface area contributed by atoms with Crippen LogP contribution in [0.1, 0.15) is 50.8 Å². The van der Waals surface area contributed by atoms with E-state index >= 15 is 0 Å². The van der Waals surface area contributed by atoms with Gasteiger partial charge >= 0.3 is 5.97 Å². The number of aliphatic carboxylic acids is 1. The lowest BCUT2D eigenvalue weighted by molar-refractivity contribution is -0.143. The first-order valence-corrected chi connectivity index (χ1v) is 14.0. The van der Waals surface area contributed by atoms with E-state index in [1.807, 2.05) is 91.0 Å². The number of hydrogen-bond donors (Lipinski definition) is 5. The van der Waals surface area contributed by atoms with Crippen molar-refractivity contribution in [2.75, 3.05) is 0 Å². The SMILES string of the molecule is CC(=O)N[C@H](CC(=O)NC(c1ccccc1)(c1ccccc1)c1ccccc1)C(=O)N[C@H](C)C(=O)N[C@H](C(=O)O)C(C)C. The van der Waals surface area contributed by atoms with Crippen molar-refractivity contribution < 1.29 is 29.1 Å². The number of hydrogen-bond acceptors (Lipinski definition) is 5. The lowest BCUT2D eigenvalue weighted by Crippen LogP contribution is -2.56. The molecule has 10 heteroatoms. The lowest BCUT2D eigenvalue weighted by Gasteiger charge is -2.37. The van der Waals surface area contributed by atoms with Crippen LogP contribution in [-0.2, 0) is 29.5 Å². The molecule has 0 heterocycles. The maximum atomic E-state index is 13.8. The number of carboxylic acids is 1. The van der Waals surface area contributed by atoms with Gasteiger partial charge in [0.15, 0.2) is 0 Å². The smallest absolute Gasteiger partial charge is 0.326 e. The Morgan fingerprint density at radius 1 is 0.674 bits per heavy atom. The Bertz CT molecular complexity index is 1320. The quantitative estimate of drug-likeness (QED) is 0.194. The second-order valence-electron chi connectivity index (χ2n) is 10.7. The Hall–Kier alpha value is -4.99. The molecule has 0 fully saturated rings. The van der Waals surface area contributed by atoms with Gasteiger partial charge < -0.3 is 26.4 Å². The van der Waals surface area contributed by atoms with E-state index in [4.69, 9.17) is 0 Å². The van der Waals surface area contributed by atoms with Crippen LogP contribution in [0.15, 0.2) is 91.0 Å². The largest absolute Gasteiger partial charge is 0.480 e. The zero-order chi connectivity index (χ0) is 31.6. The summed E-state index contributed by atoms with van der Waals surface area (Å²) in [6.45, 7) is 5.90. The molecule has 0 aliphatic carbocycles. The topological polar surface area (TPSA) is 154 Å². The first kappa shape index (κ1) is 32.5. The number of nitrogens with one attached hydrogen (secondary N) is 4. The molecule has 0 spiro atoms. The summed E-state index contributed by atoms with van der Waals surface area (Å²) >= 11 is 0. The molecule has 3 aromatic rings. The molecule has 0 bridgehead atoms. The number of rotatable bonds is 13. The Kier molecular flexibility index (Phi) is 11.2. The number of benzene rings is 3. The van der Waals surface area contributed by atoms with E-state index in [1.165, 1.54) is 13.8 Å². The molecule has 0 radical (unpaired) electrons. The van der Waals surface area contributed by atoms with Crippen LogP contribution in [0.3, 0.4) is 0 Å². The van der Waals surface area contributed by atoms with Crippen molar-refractivity contribution in [1.82, 2.24) is 21.3 Å². The molecule has 0 saturated carbocycles. The van der Waals surface area contributed by atoms with Gasteiger partial charge in [0, 0.05) is 6.92 Å². The Morgan fingerprint density at radius 2 is 1.12 bits per heavy atom. The van der Waals surface area contributed by atoms with Gasteiger partial charge in [-0.05, 0) is 29.5 Å². The molecule has 0 unspecified atom stereocenters. The van der Waals surface area contributed by atoms with Gasteiger partial charge in [-0.25, -0.2) is 4.79 Å². The maximum Gasteiger partial charge on any atom is 0.326 e. The highest BCUT2D eigenvalue weighted by Gasteiger charge is 2.39. The minimum Gasteiger partial charge on any atom is -0.480 e. The van der Waals surface area contributed by atoms with Gasteiger partial charge in [-0.3, -0.25) is 19.2 Å². The highest BCUT2D eigenvalue weighted by atomic mass is 16.4. The second kappa shape index (κ2) is 14.8. The van der Waals surface area contributed by atoms with E-state index in [0.717, 1.165) is 16.7 Å². The summed E-state index contributed by atoms with van der Waals surface area (Å²) in [7, 11) is 0. The second-order valence-corrected chi connectivity index (χ2v) is 10.7. The van der Waals surface area contributed by atoms with Crippen molar-refractivity contribution in [2.24, 2.45) is 5.92 Å². The van der Waals surface area contributed by atoms with E-state index in [1.54, 1.807) is 13.8 Å². The van der Waals surface area contributed by atoms with E-state index < -0.39 is 59.7 Å². The van der Waals surface area contributed by atoms with Crippen molar-refractivity contribution in [1.29, 1.82) is 0 Å². The normalized spacial score (nSPS) is 13.2. The Balaban J connectivity index is 1.90. The zero-order valence-corrected chi connectivity index (χ0v) is 24.7. The van der Waals surface area contributed by atoms with Gasteiger partial charge in [0.2, 0.25) is 23.6 Å². The van der Waals surface area contributed by atoms with Gasteiger partial charge in [0.05, 0.1) is 6.42 Å². The van der Waals surface area contributed by atoms with Crippen LogP contribution in [0.5, 0.6) is 0 Å². The maximum absolute atomic E-state index is 13.8. The molecule has 5 N–H and O–H groups in total. The third-order valence-corrected chi connectivity index (χ3v) is 7.01. The van der Waals surface area contributed by atoms with Gasteiger partial charge in [-0.1, -0.05) is 105 Å². The molecule has 0 saturated heterocycles. The van der Waals surface area contributed by atoms with Crippen LogP contribution in [0.2, 0.25) is 0 Å². The van der Waals surface area contributed by atoms with Crippen LogP contribution >= 0.6 is 0 Å². The molecule has 10 nitrogen and oxygen atoms in total. The minimum atomic E-state index is -1.31. The summed E-state index contributed by atoms with van der Waals surface area (Å²) in [6, 6.07) is 24.7. The molecule has 43 heavy (non-hydrogen) atoms. The molecule has 226 valence electrons. The van der Waals surface area contributed by atoms with Crippen molar-refractivity contribution >= 4 is 29.6 Å². The monoisotopic (exact) mass is 586 g/mol. The fourth-order valence-corrected chi connectivity index (χ4v) is 4.85. The fourth-order valence-electron chi connectivity index (χ4n) is 4.85. The van der Waals surface area contributed by atoms with E-state index in [9.17, 15) is 29.1 Å². The molecule has 3 rings (SSSR count). The molecule has 4 amide bonds. The first-order valence-electron chi connectivity index (χ1n) is 14.0. The van der Waals surface area contributed by atoms with Crippen molar-refractivity contribution in [3.05, 3.63) is 108 Å². The van der Waals surface area contributed by atoms with Crippen LogP contribution in [0, 0.1) is 5.92 Å². The number of amides is 4. The number of carbonyl (C=O) groups is 5. The Morgan fingerprint density at radius 3 is 1.49 bits per heavy atom. The summed E-state index contributed by atoms with van der Waals surface area (Å²) in [6.07, 6.45) is -0.433. The molecule has 3 aromatic carbocycles. The fraction of sp³-hybridized carbons (Fsp3) is 0.303. The Labute approximate surface area is 251 Å². The molecular formula is C33H38N4O6. The molecule has 3 atom stereocenters. The van der Waals surface area contributed by atoms with Crippen molar-refractivity contribution in [3.8, 4) is 0 Å². The van der Waals surface area contributed by atoms with Crippen LogP contribution in [0.4, 0.5) is 0 Å². The van der Waals surface area contributed by atoms with Gasteiger partial charge in [0.1, 0.15) is 23.7 Å². The summed E-state index contributed by atoms with van der Waals surface area (Å²) < 4.78 is 0. The summed E-state index contributed by atoms with van der Waals surface area (Å²) in [5.74, 6) is -4.15. The van der Waals surface area contributed by atoms with E-state index in [0.29, 0.717) is 0 Å². The molecule has 0 aromatic heterocycles. The van der Waals surface area contributed by atoms with Crippen molar-refractivity contribution in [2.45, 2.75) is 57.8 Å². The third-order valence-electron chi connectivity index (χ3n) is 7.01. The predicted molar refractivity (Wildman–Crippen MR) is 162 cm³/mol. The molecule has 0 aliphatic heterocycles. The van der Waals surface area contributed by atoms with Gasteiger partial charge in [-0.15, -0.1) is 0 Å². The summed E-state index contributed by atoms with van der Waals surface area (Å²) in [5, 5.41) is 19.9. The average Bonchev–Trinajstić information content (AvgIpc) is 2.98. The van der Waals surface area contributed by atoms with E-state index in [2.05, 4.69) is 21.3 Å². The lowest BCUT2D eigenvalue weighted by atomic mass is 9.77. The molecule has 0 aliphatic rings.